The van der Waals surface area contributed by atoms with Crippen molar-refractivity contribution < 1.29 is 14.7 Å². The number of carbonyl (C=O) groups is 2. The van der Waals surface area contributed by atoms with E-state index in [1.165, 1.54) is 0 Å². The zero-order chi connectivity index (χ0) is 15.8. The summed E-state index contributed by atoms with van der Waals surface area (Å²) in [4.78, 5) is 22.3. The number of hydrogen-bond donors (Lipinski definition) is 3. The van der Waals surface area contributed by atoms with Crippen molar-refractivity contribution in [1.29, 1.82) is 0 Å². The van der Waals surface area contributed by atoms with Gasteiger partial charge in [-0.3, -0.25) is 9.59 Å². The molecule has 0 fully saturated rings. The molecule has 0 saturated carbocycles. The summed E-state index contributed by atoms with van der Waals surface area (Å²) in [6.07, 6.45) is 1.65. The third-order valence-electron chi connectivity index (χ3n) is 3.42. The SMILES string of the molecule is CC(C)NCC(=O)NCCC(CCC(=O)O)C(C)(C)C. The quantitative estimate of drug-likeness (QED) is 0.606. The summed E-state index contributed by atoms with van der Waals surface area (Å²) in [5.41, 5.74) is 0.0519. The minimum atomic E-state index is -0.760. The van der Waals surface area contributed by atoms with E-state index < -0.39 is 5.97 Å². The summed E-state index contributed by atoms with van der Waals surface area (Å²) in [6, 6.07) is 0.290. The van der Waals surface area contributed by atoms with Crippen molar-refractivity contribution in [2.75, 3.05) is 13.1 Å². The Kier molecular flexibility index (Phi) is 8.46. The number of hydrogen-bond acceptors (Lipinski definition) is 3. The first-order chi connectivity index (χ1) is 9.12. The summed E-state index contributed by atoms with van der Waals surface area (Å²) in [7, 11) is 0. The number of nitrogens with one attached hydrogen (secondary N) is 2. The van der Waals surface area contributed by atoms with Crippen LogP contribution in [0.25, 0.3) is 0 Å². The highest BCUT2D eigenvalue weighted by Crippen LogP contribution is 2.32. The molecule has 0 spiro atoms. The van der Waals surface area contributed by atoms with E-state index in [0.717, 1.165) is 6.42 Å². The zero-order valence-electron chi connectivity index (χ0n) is 13.5. The van der Waals surface area contributed by atoms with Gasteiger partial charge in [0.05, 0.1) is 6.54 Å². The maximum Gasteiger partial charge on any atom is 0.303 e. The fourth-order valence-corrected chi connectivity index (χ4v) is 2.05. The van der Waals surface area contributed by atoms with Gasteiger partial charge in [0.25, 0.3) is 0 Å². The molecule has 1 amide bonds. The first-order valence-corrected chi connectivity index (χ1v) is 7.34. The van der Waals surface area contributed by atoms with E-state index in [9.17, 15) is 9.59 Å². The number of carbonyl (C=O) groups excluding carboxylic acids is 1. The van der Waals surface area contributed by atoms with Crippen LogP contribution in [0.2, 0.25) is 0 Å². The molecular weight excluding hydrogens is 256 g/mol. The summed E-state index contributed by atoms with van der Waals surface area (Å²) < 4.78 is 0. The minimum absolute atomic E-state index is 0.00964. The largest absolute Gasteiger partial charge is 0.481 e. The Morgan fingerprint density at radius 3 is 2.20 bits per heavy atom. The molecule has 0 aliphatic heterocycles. The van der Waals surface area contributed by atoms with Crippen molar-refractivity contribution in [3.8, 4) is 0 Å². The molecule has 118 valence electrons. The van der Waals surface area contributed by atoms with Crippen molar-refractivity contribution >= 4 is 11.9 Å². The molecule has 0 aromatic heterocycles. The minimum Gasteiger partial charge on any atom is -0.481 e. The van der Waals surface area contributed by atoms with Crippen molar-refractivity contribution in [2.45, 2.75) is 59.9 Å². The van der Waals surface area contributed by atoms with Crippen molar-refractivity contribution in [1.82, 2.24) is 10.6 Å². The van der Waals surface area contributed by atoms with E-state index in [4.69, 9.17) is 5.11 Å². The third-order valence-corrected chi connectivity index (χ3v) is 3.42. The standard InChI is InChI=1S/C15H30N2O3/c1-11(2)17-10-13(18)16-9-8-12(15(3,4)5)6-7-14(19)20/h11-12,17H,6-10H2,1-5H3,(H,16,18)(H,19,20). The lowest BCUT2D eigenvalue weighted by atomic mass is 9.76. The van der Waals surface area contributed by atoms with E-state index in [2.05, 4.69) is 31.4 Å². The molecule has 1 unspecified atom stereocenters. The zero-order valence-corrected chi connectivity index (χ0v) is 13.5. The summed E-state index contributed by atoms with van der Waals surface area (Å²) in [5.74, 6) is -0.481. The smallest absolute Gasteiger partial charge is 0.303 e. The molecule has 3 N–H and O–H groups in total. The number of carboxylic acids is 1. The number of amides is 1. The Morgan fingerprint density at radius 2 is 1.75 bits per heavy atom. The van der Waals surface area contributed by atoms with Crippen molar-refractivity contribution in [2.24, 2.45) is 11.3 Å². The Labute approximate surface area is 122 Å². The fraction of sp³-hybridized carbons (Fsp3) is 0.867. The second-order valence-electron chi connectivity index (χ2n) is 6.67. The van der Waals surface area contributed by atoms with Crippen molar-refractivity contribution in [3.05, 3.63) is 0 Å². The molecule has 0 bridgehead atoms. The Balaban J connectivity index is 4.07. The molecule has 0 aliphatic rings. The van der Waals surface area contributed by atoms with Gasteiger partial charge in [0.1, 0.15) is 0 Å². The number of aliphatic carboxylic acids is 1. The Hall–Kier alpha value is -1.10. The second kappa shape index (κ2) is 8.95. The monoisotopic (exact) mass is 286 g/mol. The van der Waals surface area contributed by atoms with E-state index in [0.29, 0.717) is 25.6 Å². The van der Waals surface area contributed by atoms with Gasteiger partial charge in [-0.1, -0.05) is 34.6 Å². The van der Waals surface area contributed by atoms with Crippen LogP contribution in [0.15, 0.2) is 0 Å². The highest BCUT2D eigenvalue weighted by Gasteiger charge is 2.24. The number of rotatable bonds is 9. The van der Waals surface area contributed by atoms with Crippen LogP contribution in [-0.2, 0) is 9.59 Å². The molecule has 0 aliphatic carbocycles. The first-order valence-electron chi connectivity index (χ1n) is 7.34. The van der Waals surface area contributed by atoms with Gasteiger partial charge in [-0.05, 0) is 24.2 Å². The molecule has 1 atom stereocenters. The highest BCUT2D eigenvalue weighted by atomic mass is 16.4. The topological polar surface area (TPSA) is 78.4 Å². The van der Waals surface area contributed by atoms with Crippen LogP contribution in [0.5, 0.6) is 0 Å². The lowest BCUT2D eigenvalue weighted by Crippen LogP contribution is -2.38. The molecule has 0 aromatic carbocycles. The summed E-state index contributed by atoms with van der Waals surface area (Å²) in [6.45, 7) is 11.3. The average Bonchev–Trinajstić information content (AvgIpc) is 2.28. The van der Waals surface area contributed by atoms with Gasteiger partial charge in [-0.25, -0.2) is 0 Å². The maximum absolute atomic E-state index is 11.6. The molecule has 5 nitrogen and oxygen atoms in total. The predicted molar refractivity (Wildman–Crippen MR) is 80.6 cm³/mol. The molecule has 0 aromatic rings. The van der Waals surface area contributed by atoms with Crippen LogP contribution in [0.1, 0.15) is 53.9 Å². The van der Waals surface area contributed by atoms with E-state index >= 15 is 0 Å². The first kappa shape index (κ1) is 18.9. The normalized spacial score (nSPS) is 13.3. The number of carboxylic acid groups (broad SMARTS) is 1. The van der Waals surface area contributed by atoms with Crippen LogP contribution in [0, 0.1) is 11.3 Å². The Morgan fingerprint density at radius 1 is 1.15 bits per heavy atom. The molecule has 20 heavy (non-hydrogen) atoms. The van der Waals surface area contributed by atoms with Crippen molar-refractivity contribution in [3.63, 3.8) is 0 Å². The fourth-order valence-electron chi connectivity index (χ4n) is 2.05. The van der Waals surface area contributed by atoms with Crippen LogP contribution in [0.4, 0.5) is 0 Å². The summed E-state index contributed by atoms with van der Waals surface area (Å²) in [5, 5.41) is 14.7. The molecular formula is C15H30N2O3. The third kappa shape index (κ3) is 9.78. The predicted octanol–water partition coefficient (Wildman–Crippen LogP) is 2.02. The van der Waals surface area contributed by atoms with Crippen LogP contribution in [-0.4, -0.2) is 36.1 Å². The van der Waals surface area contributed by atoms with Gasteiger partial charge >= 0.3 is 5.97 Å². The van der Waals surface area contributed by atoms with Gasteiger partial charge in [0.15, 0.2) is 0 Å². The van der Waals surface area contributed by atoms with Gasteiger partial charge in [-0.15, -0.1) is 0 Å². The van der Waals surface area contributed by atoms with E-state index in [-0.39, 0.29) is 23.7 Å². The van der Waals surface area contributed by atoms with Crippen LogP contribution in [0.3, 0.4) is 0 Å². The van der Waals surface area contributed by atoms with Gasteiger partial charge in [0, 0.05) is 19.0 Å². The summed E-state index contributed by atoms with van der Waals surface area (Å²) >= 11 is 0. The molecule has 0 heterocycles. The van der Waals surface area contributed by atoms with Crippen LogP contribution >= 0.6 is 0 Å². The lowest BCUT2D eigenvalue weighted by molar-refractivity contribution is -0.137. The van der Waals surface area contributed by atoms with E-state index in [1.54, 1.807) is 0 Å². The van der Waals surface area contributed by atoms with Gasteiger partial charge in [-0.2, -0.15) is 0 Å². The lowest BCUT2D eigenvalue weighted by Gasteiger charge is -2.30. The maximum atomic E-state index is 11.6. The molecule has 0 saturated heterocycles. The van der Waals surface area contributed by atoms with Gasteiger partial charge in [0.2, 0.25) is 5.91 Å². The Bertz CT molecular complexity index is 309. The van der Waals surface area contributed by atoms with Gasteiger partial charge < -0.3 is 15.7 Å². The van der Waals surface area contributed by atoms with Crippen LogP contribution < -0.4 is 10.6 Å². The molecule has 5 heteroatoms. The second-order valence-corrected chi connectivity index (χ2v) is 6.67. The molecule has 0 rings (SSSR count). The molecule has 0 radical (unpaired) electrons. The van der Waals surface area contributed by atoms with E-state index in [1.807, 2.05) is 13.8 Å². The highest BCUT2D eigenvalue weighted by molar-refractivity contribution is 5.77. The average molecular weight is 286 g/mol.